The Labute approximate surface area is 193 Å². The maximum Gasteiger partial charge on any atom is 0.412 e. The van der Waals surface area contributed by atoms with E-state index >= 15 is 0 Å². The second kappa shape index (κ2) is 7.87. The average molecular weight is 449 g/mol. The van der Waals surface area contributed by atoms with Gasteiger partial charge >= 0.3 is 6.09 Å². The van der Waals surface area contributed by atoms with E-state index in [0.717, 1.165) is 67.0 Å². The van der Waals surface area contributed by atoms with E-state index in [1.807, 2.05) is 36.1 Å². The first-order valence-electron chi connectivity index (χ1n) is 12.3. The number of nitrogens with one attached hydrogen (secondary N) is 1. The van der Waals surface area contributed by atoms with Crippen molar-refractivity contribution in [3.8, 4) is 0 Å². The lowest BCUT2D eigenvalue weighted by Crippen LogP contribution is -2.54. The van der Waals surface area contributed by atoms with Gasteiger partial charge in [-0.2, -0.15) is 5.10 Å². The van der Waals surface area contributed by atoms with Gasteiger partial charge < -0.3 is 15.0 Å². The molecule has 1 aliphatic carbocycles. The van der Waals surface area contributed by atoms with E-state index in [1.165, 1.54) is 30.6 Å². The summed E-state index contributed by atoms with van der Waals surface area (Å²) in [5.41, 5.74) is 4.56. The maximum atomic E-state index is 12.0. The molecule has 1 saturated heterocycles. The standard InChI is InChI=1S/C25H32N6O2/c1-17-3-4-19-20(30(17)24(32)33)5-6-21-23(19)28-22(9-14-29-13-2-12-27-29)31(21)18-7-10-25(11-8-18)15-26-16-25/h2,5-6,12-13,17-18,26H,3-4,7-11,14-16H2,1H3,(H,32,33). The van der Waals surface area contributed by atoms with Crippen LogP contribution in [0.5, 0.6) is 0 Å². The molecule has 2 aromatic heterocycles. The molecule has 1 saturated carbocycles. The van der Waals surface area contributed by atoms with Crippen LogP contribution in [0.2, 0.25) is 0 Å². The molecular formula is C25H32N6O2. The summed E-state index contributed by atoms with van der Waals surface area (Å²) >= 11 is 0. The van der Waals surface area contributed by atoms with E-state index in [-0.39, 0.29) is 6.04 Å². The van der Waals surface area contributed by atoms with E-state index in [2.05, 4.69) is 21.0 Å². The number of nitrogens with zero attached hydrogens (tertiary/aromatic N) is 5. The van der Waals surface area contributed by atoms with E-state index in [0.29, 0.717) is 11.5 Å². The summed E-state index contributed by atoms with van der Waals surface area (Å²) in [7, 11) is 0. The van der Waals surface area contributed by atoms with Crippen molar-refractivity contribution in [3.63, 3.8) is 0 Å². The van der Waals surface area contributed by atoms with Crippen molar-refractivity contribution in [2.45, 2.75) is 70.5 Å². The minimum absolute atomic E-state index is 0.0144. The third kappa shape index (κ3) is 3.42. The molecule has 1 atom stereocenters. The van der Waals surface area contributed by atoms with Gasteiger partial charge in [0.25, 0.3) is 0 Å². The SMILES string of the molecule is CC1CCc2c(ccc3c2nc(CCn2cccn2)n3C2CCC3(CC2)CNC3)N1C(=O)O. The first-order valence-corrected chi connectivity index (χ1v) is 12.3. The molecule has 4 heterocycles. The summed E-state index contributed by atoms with van der Waals surface area (Å²) in [6.45, 7) is 5.10. The highest BCUT2D eigenvalue weighted by atomic mass is 16.4. The van der Waals surface area contributed by atoms with E-state index < -0.39 is 6.09 Å². The first kappa shape index (κ1) is 20.7. The van der Waals surface area contributed by atoms with Crippen LogP contribution in [0.25, 0.3) is 11.0 Å². The molecule has 2 N–H and O–H groups in total. The summed E-state index contributed by atoms with van der Waals surface area (Å²) in [6, 6.07) is 6.51. The number of rotatable bonds is 4. The zero-order chi connectivity index (χ0) is 22.6. The van der Waals surface area contributed by atoms with Crippen LogP contribution in [-0.2, 0) is 19.4 Å². The highest BCUT2D eigenvalue weighted by molar-refractivity contribution is 5.94. The van der Waals surface area contributed by atoms with Gasteiger partial charge in [0.1, 0.15) is 5.82 Å². The highest BCUT2D eigenvalue weighted by Gasteiger charge is 2.41. The summed E-state index contributed by atoms with van der Waals surface area (Å²) in [5.74, 6) is 1.10. The van der Waals surface area contributed by atoms with Gasteiger partial charge in [0.15, 0.2) is 0 Å². The van der Waals surface area contributed by atoms with Crippen molar-refractivity contribution in [3.05, 3.63) is 42.0 Å². The number of anilines is 1. The Morgan fingerprint density at radius 2 is 2.06 bits per heavy atom. The van der Waals surface area contributed by atoms with Gasteiger partial charge in [-0.3, -0.25) is 9.58 Å². The van der Waals surface area contributed by atoms with Crippen molar-refractivity contribution >= 4 is 22.8 Å². The molecule has 0 bridgehead atoms. The Kier molecular flexibility index (Phi) is 4.94. The molecule has 8 nitrogen and oxygen atoms in total. The topological polar surface area (TPSA) is 88.2 Å². The third-order valence-corrected chi connectivity index (χ3v) is 8.24. The van der Waals surface area contributed by atoms with Crippen molar-refractivity contribution < 1.29 is 9.90 Å². The minimum atomic E-state index is -0.882. The lowest BCUT2D eigenvalue weighted by Gasteiger charge is -2.47. The smallest absolute Gasteiger partial charge is 0.412 e. The second-order valence-corrected chi connectivity index (χ2v) is 10.2. The molecule has 6 rings (SSSR count). The quantitative estimate of drug-likeness (QED) is 0.630. The lowest BCUT2D eigenvalue weighted by atomic mass is 9.68. The van der Waals surface area contributed by atoms with Gasteiger partial charge in [-0.15, -0.1) is 0 Å². The van der Waals surface area contributed by atoms with E-state index in [4.69, 9.17) is 4.98 Å². The molecule has 1 spiro atoms. The van der Waals surface area contributed by atoms with Crippen LogP contribution in [0.1, 0.15) is 56.5 Å². The molecule has 1 unspecified atom stereocenters. The average Bonchev–Trinajstić information content (AvgIpc) is 3.43. The largest absolute Gasteiger partial charge is 0.465 e. The van der Waals surface area contributed by atoms with E-state index in [1.54, 1.807) is 0 Å². The molecule has 1 amide bonds. The molecule has 3 aromatic rings. The molecule has 33 heavy (non-hydrogen) atoms. The fourth-order valence-corrected chi connectivity index (χ4v) is 6.27. The van der Waals surface area contributed by atoms with Crippen molar-refractivity contribution in [1.82, 2.24) is 24.6 Å². The zero-order valence-electron chi connectivity index (χ0n) is 19.2. The predicted octanol–water partition coefficient (Wildman–Crippen LogP) is 4.00. The Bertz CT molecular complexity index is 1170. The number of carbonyl (C=O) groups is 1. The molecule has 3 aliphatic rings. The van der Waals surface area contributed by atoms with Gasteiger partial charge in [-0.05, 0) is 69.1 Å². The monoisotopic (exact) mass is 448 g/mol. The number of benzene rings is 1. The number of aryl methyl sites for hydroxylation is 3. The van der Waals surface area contributed by atoms with Gasteiger partial charge in [0, 0.05) is 56.1 Å². The second-order valence-electron chi connectivity index (χ2n) is 10.2. The van der Waals surface area contributed by atoms with Crippen molar-refractivity contribution in [2.75, 3.05) is 18.0 Å². The van der Waals surface area contributed by atoms with Crippen LogP contribution in [0, 0.1) is 5.41 Å². The number of carboxylic acid groups (broad SMARTS) is 1. The number of aromatic nitrogens is 4. The zero-order valence-corrected chi connectivity index (χ0v) is 19.2. The summed E-state index contributed by atoms with van der Waals surface area (Å²) in [6.07, 6.45) is 10.3. The number of hydrogen-bond donors (Lipinski definition) is 2. The lowest BCUT2D eigenvalue weighted by molar-refractivity contribution is 0.0844. The minimum Gasteiger partial charge on any atom is -0.465 e. The molecule has 174 valence electrons. The molecule has 8 heteroatoms. The van der Waals surface area contributed by atoms with E-state index in [9.17, 15) is 9.90 Å². The first-order chi connectivity index (χ1) is 16.0. The predicted molar refractivity (Wildman–Crippen MR) is 127 cm³/mol. The Balaban J connectivity index is 1.41. The van der Waals surface area contributed by atoms with Gasteiger partial charge in [-0.1, -0.05) is 0 Å². The van der Waals surface area contributed by atoms with Crippen LogP contribution in [0.4, 0.5) is 10.5 Å². The number of fused-ring (bicyclic) bond motifs is 3. The van der Waals surface area contributed by atoms with Crippen LogP contribution >= 0.6 is 0 Å². The Morgan fingerprint density at radius 1 is 1.24 bits per heavy atom. The maximum absolute atomic E-state index is 12.0. The Hall–Kier alpha value is -2.87. The molecule has 2 aliphatic heterocycles. The fraction of sp³-hybridized carbons (Fsp3) is 0.560. The van der Waals surface area contributed by atoms with Crippen molar-refractivity contribution in [1.29, 1.82) is 0 Å². The third-order valence-electron chi connectivity index (χ3n) is 8.24. The highest BCUT2D eigenvalue weighted by Crippen LogP contribution is 2.45. The summed E-state index contributed by atoms with van der Waals surface area (Å²) in [5, 5.41) is 17.7. The number of hydrogen-bond acceptors (Lipinski definition) is 4. The molecular weight excluding hydrogens is 416 g/mol. The molecule has 0 radical (unpaired) electrons. The molecule has 1 aromatic carbocycles. The van der Waals surface area contributed by atoms with Crippen LogP contribution in [-0.4, -0.2) is 49.7 Å². The van der Waals surface area contributed by atoms with Gasteiger partial charge in [0.05, 0.1) is 16.7 Å². The van der Waals surface area contributed by atoms with Crippen LogP contribution < -0.4 is 10.2 Å². The van der Waals surface area contributed by atoms with Crippen molar-refractivity contribution in [2.24, 2.45) is 5.41 Å². The number of imidazole rings is 1. The number of amides is 1. The Morgan fingerprint density at radius 3 is 2.73 bits per heavy atom. The molecule has 2 fully saturated rings. The summed E-state index contributed by atoms with van der Waals surface area (Å²) < 4.78 is 4.45. The fourth-order valence-electron chi connectivity index (χ4n) is 6.27. The van der Waals surface area contributed by atoms with Crippen LogP contribution in [0.15, 0.2) is 30.6 Å². The van der Waals surface area contributed by atoms with Gasteiger partial charge in [0.2, 0.25) is 0 Å². The normalized spacial score (nSPS) is 22.5. The van der Waals surface area contributed by atoms with Gasteiger partial charge in [-0.25, -0.2) is 9.78 Å². The summed E-state index contributed by atoms with van der Waals surface area (Å²) in [4.78, 5) is 18.7. The van der Waals surface area contributed by atoms with Crippen LogP contribution in [0.3, 0.4) is 0 Å².